The monoisotopic (exact) mass is 154 g/mol. The lowest BCUT2D eigenvalue weighted by Gasteiger charge is -2.12. The van der Waals surface area contributed by atoms with E-state index in [1.54, 1.807) is 0 Å². The summed E-state index contributed by atoms with van der Waals surface area (Å²) in [4.78, 5) is 26.4. The lowest BCUT2D eigenvalue weighted by Crippen LogP contribution is -2.34. The van der Waals surface area contributed by atoms with E-state index in [0.29, 0.717) is 12.5 Å². The fourth-order valence-corrected chi connectivity index (χ4v) is 0.987. The molecule has 1 aliphatic rings. The molecule has 1 aromatic heterocycles. The fourth-order valence-electron chi connectivity index (χ4n) is 0.987. The van der Waals surface area contributed by atoms with Crippen molar-refractivity contribution in [1.29, 1.82) is 0 Å². The summed E-state index contributed by atoms with van der Waals surface area (Å²) in [5, 5.41) is 5.31. The average molecular weight is 154 g/mol. The van der Waals surface area contributed by atoms with Crippen LogP contribution < -0.4 is 16.3 Å². The van der Waals surface area contributed by atoms with Gasteiger partial charge >= 0.3 is 5.69 Å². The van der Waals surface area contributed by atoms with Crippen LogP contribution >= 0.6 is 0 Å². The first-order chi connectivity index (χ1) is 5.27. The smallest absolute Gasteiger partial charge is 0.325 e. The van der Waals surface area contributed by atoms with Gasteiger partial charge in [0.1, 0.15) is 11.5 Å². The minimum atomic E-state index is -0.375. The van der Waals surface area contributed by atoms with Crippen LogP contribution in [0.4, 0.5) is 5.82 Å². The largest absolute Gasteiger partial charge is 0.352 e. The molecular formula is C5H6N4O2. The summed E-state index contributed by atoms with van der Waals surface area (Å²) in [6, 6.07) is 0. The molecule has 1 amide bonds. The van der Waals surface area contributed by atoms with Crippen molar-refractivity contribution in [3.8, 4) is 0 Å². The van der Waals surface area contributed by atoms with Gasteiger partial charge in [-0.05, 0) is 0 Å². The Labute approximate surface area is 61.0 Å². The van der Waals surface area contributed by atoms with Crippen LogP contribution in [-0.2, 0) is 0 Å². The Morgan fingerprint density at radius 1 is 1.09 bits per heavy atom. The molecule has 0 bridgehead atoms. The van der Waals surface area contributed by atoms with Crippen LogP contribution in [0.25, 0.3) is 0 Å². The topological polar surface area (TPSA) is 89.8 Å². The summed E-state index contributed by atoms with van der Waals surface area (Å²) >= 11 is 0. The number of rotatable bonds is 0. The Kier molecular flexibility index (Phi) is 1.03. The van der Waals surface area contributed by atoms with Crippen molar-refractivity contribution in [1.82, 2.24) is 15.3 Å². The molecule has 1 aliphatic heterocycles. The Morgan fingerprint density at radius 3 is 2.64 bits per heavy atom. The van der Waals surface area contributed by atoms with Crippen molar-refractivity contribution in [2.24, 2.45) is 0 Å². The number of hydrogen-bond acceptors (Lipinski definition) is 3. The molecule has 0 saturated carbocycles. The van der Waals surface area contributed by atoms with E-state index in [4.69, 9.17) is 0 Å². The zero-order valence-electron chi connectivity index (χ0n) is 5.52. The van der Waals surface area contributed by atoms with E-state index >= 15 is 0 Å². The van der Waals surface area contributed by atoms with E-state index in [1.165, 1.54) is 0 Å². The lowest BCUT2D eigenvalue weighted by molar-refractivity contribution is 0.0948. The quantitative estimate of drug-likeness (QED) is 0.379. The van der Waals surface area contributed by atoms with E-state index in [9.17, 15) is 9.59 Å². The van der Waals surface area contributed by atoms with Gasteiger partial charge in [-0.1, -0.05) is 0 Å². The van der Waals surface area contributed by atoms with Gasteiger partial charge in [-0.3, -0.25) is 14.8 Å². The first-order valence-electron chi connectivity index (χ1n) is 3.12. The average Bonchev–Trinajstić information content (AvgIpc) is 2.31. The van der Waals surface area contributed by atoms with Crippen molar-refractivity contribution in [3.05, 3.63) is 16.2 Å². The minimum absolute atomic E-state index is 0.265. The summed E-state index contributed by atoms with van der Waals surface area (Å²) in [7, 11) is 0. The standard InChI is InChI=1S/C5H6N4O2/c10-4-2-3(6-1-7-4)9-5(11)8-2/h6H,1H2,(H,7,10)(H2,8,9,11). The molecule has 0 atom stereocenters. The van der Waals surface area contributed by atoms with Crippen LogP contribution in [0.1, 0.15) is 10.5 Å². The maximum absolute atomic E-state index is 11.0. The predicted octanol–water partition coefficient (Wildman–Crippen LogP) is -1.18. The molecule has 0 spiro atoms. The fraction of sp³-hybridized carbons (Fsp3) is 0.200. The number of H-pyrrole nitrogens is 2. The lowest BCUT2D eigenvalue weighted by atomic mass is 10.3. The third kappa shape index (κ3) is 0.794. The summed E-state index contributed by atoms with van der Waals surface area (Å²) in [6.07, 6.45) is 0. The van der Waals surface area contributed by atoms with Crippen LogP contribution in [0.15, 0.2) is 4.79 Å². The van der Waals surface area contributed by atoms with Gasteiger partial charge < -0.3 is 10.6 Å². The summed E-state index contributed by atoms with van der Waals surface area (Å²) in [5.74, 6) is 0.191. The minimum Gasteiger partial charge on any atom is -0.352 e. The Balaban J connectivity index is 2.60. The van der Waals surface area contributed by atoms with Gasteiger partial charge in [0.15, 0.2) is 0 Å². The number of anilines is 1. The zero-order chi connectivity index (χ0) is 7.84. The Hall–Kier alpha value is -1.72. The molecule has 11 heavy (non-hydrogen) atoms. The van der Waals surface area contributed by atoms with E-state index < -0.39 is 0 Å². The van der Waals surface area contributed by atoms with Gasteiger partial charge in [-0.2, -0.15) is 0 Å². The molecule has 6 heteroatoms. The molecule has 58 valence electrons. The molecule has 2 rings (SSSR count). The third-order valence-corrected chi connectivity index (χ3v) is 1.47. The predicted molar refractivity (Wildman–Crippen MR) is 37.4 cm³/mol. The summed E-state index contributed by atoms with van der Waals surface area (Å²) in [5.41, 5.74) is -0.110. The van der Waals surface area contributed by atoms with Gasteiger partial charge in [0.05, 0.1) is 6.67 Å². The Morgan fingerprint density at radius 2 is 1.91 bits per heavy atom. The highest BCUT2D eigenvalue weighted by Gasteiger charge is 2.18. The SMILES string of the molecule is O=C1NCNc2[nH]c(=O)[nH]c21. The van der Waals surface area contributed by atoms with Crippen molar-refractivity contribution in [2.45, 2.75) is 0 Å². The number of imidazole rings is 1. The summed E-state index contributed by atoms with van der Waals surface area (Å²) in [6.45, 7) is 0.347. The van der Waals surface area contributed by atoms with Gasteiger partial charge in [0.25, 0.3) is 5.91 Å². The highest BCUT2D eigenvalue weighted by molar-refractivity contribution is 5.98. The zero-order valence-corrected chi connectivity index (χ0v) is 5.52. The van der Waals surface area contributed by atoms with Crippen LogP contribution in [0, 0.1) is 0 Å². The number of amides is 1. The number of aromatic nitrogens is 2. The van der Waals surface area contributed by atoms with E-state index in [0.717, 1.165) is 0 Å². The second kappa shape index (κ2) is 1.88. The van der Waals surface area contributed by atoms with Crippen molar-refractivity contribution in [2.75, 3.05) is 12.0 Å². The molecule has 6 nitrogen and oxygen atoms in total. The van der Waals surface area contributed by atoms with Crippen molar-refractivity contribution < 1.29 is 4.79 Å². The second-order valence-electron chi connectivity index (χ2n) is 2.19. The van der Waals surface area contributed by atoms with Crippen LogP contribution in [0.5, 0.6) is 0 Å². The van der Waals surface area contributed by atoms with E-state index in [2.05, 4.69) is 20.6 Å². The highest BCUT2D eigenvalue weighted by Crippen LogP contribution is 2.08. The van der Waals surface area contributed by atoms with Gasteiger partial charge in [-0.25, -0.2) is 4.79 Å². The number of hydrogen-bond donors (Lipinski definition) is 4. The van der Waals surface area contributed by atoms with E-state index in [1.807, 2.05) is 0 Å². The molecule has 1 aromatic rings. The van der Waals surface area contributed by atoms with E-state index in [-0.39, 0.29) is 17.3 Å². The maximum atomic E-state index is 11.0. The molecule has 0 saturated heterocycles. The van der Waals surface area contributed by atoms with Gasteiger partial charge in [0.2, 0.25) is 0 Å². The van der Waals surface area contributed by atoms with Crippen LogP contribution in [0.2, 0.25) is 0 Å². The number of fused-ring (bicyclic) bond motifs is 1. The van der Waals surface area contributed by atoms with Crippen molar-refractivity contribution in [3.63, 3.8) is 0 Å². The number of carbonyl (C=O) groups excluding carboxylic acids is 1. The second-order valence-corrected chi connectivity index (χ2v) is 2.19. The molecule has 4 N–H and O–H groups in total. The molecule has 0 aromatic carbocycles. The molecule has 0 aliphatic carbocycles. The Bertz CT molecular complexity index is 350. The van der Waals surface area contributed by atoms with Crippen LogP contribution in [-0.4, -0.2) is 22.5 Å². The van der Waals surface area contributed by atoms with Crippen molar-refractivity contribution >= 4 is 11.7 Å². The molecule has 0 radical (unpaired) electrons. The first-order valence-corrected chi connectivity index (χ1v) is 3.12. The highest BCUT2D eigenvalue weighted by atomic mass is 16.2. The van der Waals surface area contributed by atoms with Gasteiger partial charge in [-0.15, -0.1) is 0 Å². The number of nitrogens with one attached hydrogen (secondary N) is 4. The maximum Gasteiger partial charge on any atom is 0.325 e. The third-order valence-electron chi connectivity index (χ3n) is 1.47. The first kappa shape index (κ1) is 6.02. The number of aromatic amines is 2. The molecular weight excluding hydrogens is 148 g/mol. The van der Waals surface area contributed by atoms with Crippen LogP contribution in [0.3, 0.4) is 0 Å². The molecule has 2 heterocycles. The molecule has 0 unspecified atom stereocenters. The molecule has 0 fully saturated rings. The normalized spacial score (nSPS) is 15.1. The summed E-state index contributed by atoms with van der Waals surface area (Å²) < 4.78 is 0. The number of carbonyl (C=O) groups is 1. The van der Waals surface area contributed by atoms with Gasteiger partial charge in [0, 0.05) is 0 Å².